The van der Waals surface area contributed by atoms with E-state index in [1.807, 2.05) is 18.2 Å². The second-order valence-electron chi connectivity index (χ2n) is 7.12. The van der Waals surface area contributed by atoms with E-state index in [0.29, 0.717) is 6.54 Å². The van der Waals surface area contributed by atoms with Crippen molar-refractivity contribution in [1.82, 2.24) is 10.2 Å². The topological polar surface area (TPSA) is 32.3 Å². The number of benzene rings is 2. The van der Waals surface area contributed by atoms with Crippen molar-refractivity contribution >= 4 is 29.3 Å². The zero-order chi connectivity index (χ0) is 19.1. The number of nitrogens with zero attached hydrogens (tertiary/aromatic N) is 1. The van der Waals surface area contributed by atoms with Gasteiger partial charge < -0.3 is 5.32 Å². The normalized spacial score (nSPS) is 17.6. The number of halogens is 1. The number of nitrogens with one attached hydrogen (secondary N) is 1. The molecule has 1 amide bonds. The molecular weight excluding hydrogens is 376 g/mol. The van der Waals surface area contributed by atoms with E-state index in [-0.39, 0.29) is 11.8 Å². The van der Waals surface area contributed by atoms with Gasteiger partial charge in [-0.15, -0.1) is 11.8 Å². The van der Waals surface area contributed by atoms with Gasteiger partial charge in [-0.05, 0) is 50.1 Å². The third kappa shape index (κ3) is 6.27. The Morgan fingerprint density at radius 3 is 2.78 bits per heavy atom. The van der Waals surface area contributed by atoms with Crippen LogP contribution < -0.4 is 5.32 Å². The lowest BCUT2D eigenvalue weighted by atomic mass is 9.96. The van der Waals surface area contributed by atoms with E-state index in [1.165, 1.54) is 10.5 Å². The molecule has 144 valence electrons. The first-order chi connectivity index (χ1) is 13.1. The minimum Gasteiger partial charge on any atom is -0.355 e. The number of hydrogen-bond acceptors (Lipinski definition) is 3. The van der Waals surface area contributed by atoms with Gasteiger partial charge in [0.1, 0.15) is 0 Å². The molecule has 2 aromatic carbocycles. The molecule has 0 saturated carbocycles. The largest absolute Gasteiger partial charge is 0.355 e. The molecule has 0 spiro atoms. The maximum atomic E-state index is 12.5. The predicted molar refractivity (Wildman–Crippen MR) is 114 cm³/mol. The summed E-state index contributed by atoms with van der Waals surface area (Å²) in [6, 6.07) is 16.5. The summed E-state index contributed by atoms with van der Waals surface area (Å²) in [7, 11) is 0. The molecule has 0 aromatic heterocycles. The summed E-state index contributed by atoms with van der Waals surface area (Å²) >= 11 is 8.06. The van der Waals surface area contributed by atoms with Crippen LogP contribution in [-0.4, -0.2) is 36.2 Å². The van der Waals surface area contributed by atoms with Crippen molar-refractivity contribution in [3.05, 3.63) is 64.7 Å². The van der Waals surface area contributed by atoms with Gasteiger partial charge in [-0.1, -0.05) is 47.5 Å². The number of hydrogen-bond donors (Lipinski definition) is 1. The number of piperidine rings is 1. The second-order valence-corrected chi connectivity index (χ2v) is 8.69. The molecular formula is C22H27ClN2OS. The van der Waals surface area contributed by atoms with Crippen LogP contribution in [0, 0.1) is 12.8 Å². The van der Waals surface area contributed by atoms with Crippen LogP contribution in [0.5, 0.6) is 0 Å². The van der Waals surface area contributed by atoms with Gasteiger partial charge in [0.15, 0.2) is 0 Å². The molecule has 1 N–H and O–H groups in total. The Morgan fingerprint density at radius 1 is 1.22 bits per heavy atom. The second kappa shape index (κ2) is 10.2. The number of rotatable bonds is 7. The van der Waals surface area contributed by atoms with Crippen LogP contribution >= 0.6 is 23.4 Å². The van der Waals surface area contributed by atoms with Gasteiger partial charge >= 0.3 is 0 Å². The summed E-state index contributed by atoms with van der Waals surface area (Å²) in [6.07, 6.45) is 2.02. The molecule has 3 rings (SSSR count). The molecule has 0 bridgehead atoms. The summed E-state index contributed by atoms with van der Waals surface area (Å²) in [5, 5.41) is 3.92. The van der Waals surface area contributed by atoms with E-state index in [1.54, 1.807) is 11.8 Å². The minimum absolute atomic E-state index is 0.0746. The van der Waals surface area contributed by atoms with Crippen molar-refractivity contribution < 1.29 is 4.79 Å². The summed E-state index contributed by atoms with van der Waals surface area (Å²) in [6.45, 7) is 5.44. The quantitative estimate of drug-likeness (QED) is 0.534. The summed E-state index contributed by atoms with van der Waals surface area (Å²) in [5.74, 6) is 1.15. The fourth-order valence-electron chi connectivity index (χ4n) is 3.40. The van der Waals surface area contributed by atoms with Gasteiger partial charge in [0.25, 0.3) is 0 Å². The van der Waals surface area contributed by atoms with Crippen molar-refractivity contribution in [2.45, 2.75) is 31.2 Å². The van der Waals surface area contributed by atoms with Crippen LogP contribution in [-0.2, 0) is 11.3 Å². The molecule has 2 aromatic rings. The molecule has 5 heteroatoms. The number of amides is 1. The third-order valence-electron chi connectivity index (χ3n) is 4.92. The Balaban J connectivity index is 1.41. The third-order valence-corrected chi connectivity index (χ3v) is 6.30. The Hall–Kier alpha value is -1.49. The molecule has 1 fully saturated rings. The highest BCUT2D eigenvalue weighted by Gasteiger charge is 2.25. The van der Waals surface area contributed by atoms with Crippen molar-refractivity contribution in [2.24, 2.45) is 5.92 Å². The van der Waals surface area contributed by atoms with Crippen LogP contribution in [0.1, 0.15) is 24.0 Å². The van der Waals surface area contributed by atoms with E-state index >= 15 is 0 Å². The molecule has 27 heavy (non-hydrogen) atoms. The maximum Gasteiger partial charge on any atom is 0.224 e. The Bertz CT molecular complexity index is 750. The summed E-state index contributed by atoms with van der Waals surface area (Å²) in [4.78, 5) is 16.1. The van der Waals surface area contributed by atoms with Gasteiger partial charge in [-0.3, -0.25) is 9.69 Å². The smallest absolute Gasteiger partial charge is 0.224 e. The highest BCUT2D eigenvalue weighted by atomic mass is 35.5. The molecule has 0 radical (unpaired) electrons. The zero-order valence-electron chi connectivity index (χ0n) is 15.8. The Morgan fingerprint density at radius 2 is 2.00 bits per heavy atom. The van der Waals surface area contributed by atoms with Crippen molar-refractivity contribution in [2.75, 3.05) is 25.4 Å². The van der Waals surface area contributed by atoms with Crippen LogP contribution in [0.4, 0.5) is 0 Å². The zero-order valence-corrected chi connectivity index (χ0v) is 17.4. The molecule has 0 unspecified atom stereocenters. The lowest BCUT2D eigenvalue weighted by Crippen LogP contribution is -2.43. The molecule has 1 heterocycles. The van der Waals surface area contributed by atoms with E-state index in [2.05, 4.69) is 47.5 Å². The van der Waals surface area contributed by atoms with Gasteiger partial charge in [0.2, 0.25) is 5.91 Å². The first-order valence-electron chi connectivity index (χ1n) is 9.55. The van der Waals surface area contributed by atoms with Crippen LogP contribution in [0.2, 0.25) is 5.02 Å². The number of likely N-dealkylation sites (tertiary alicyclic amines) is 1. The molecule has 1 saturated heterocycles. The van der Waals surface area contributed by atoms with Crippen LogP contribution in [0.15, 0.2) is 53.4 Å². The summed E-state index contributed by atoms with van der Waals surface area (Å²) in [5.41, 5.74) is 2.40. The summed E-state index contributed by atoms with van der Waals surface area (Å²) < 4.78 is 0. The number of aryl methyl sites for hydroxylation is 1. The van der Waals surface area contributed by atoms with Crippen molar-refractivity contribution in [3.63, 3.8) is 0 Å². The SMILES string of the molecule is Cc1ccc(SCCNC(=O)[C@@H]2CCCN(Cc3ccccc3Cl)C2)cc1. The molecule has 0 aliphatic carbocycles. The van der Waals surface area contributed by atoms with E-state index < -0.39 is 0 Å². The minimum atomic E-state index is 0.0746. The highest BCUT2D eigenvalue weighted by Crippen LogP contribution is 2.22. The Kier molecular flexibility index (Phi) is 7.62. The fourth-order valence-corrected chi connectivity index (χ4v) is 4.37. The highest BCUT2D eigenvalue weighted by molar-refractivity contribution is 7.99. The number of carbonyl (C=O) groups excluding carboxylic acids is 1. The van der Waals surface area contributed by atoms with Gasteiger partial charge in [-0.25, -0.2) is 0 Å². The molecule has 1 aliphatic rings. The van der Waals surface area contributed by atoms with Crippen molar-refractivity contribution in [1.29, 1.82) is 0 Å². The lowest BCUT2D eigenvalue weighted by molar-refractivity contribution is -0.126. The van der Waals surface area contributed by atoms with Crippen LogP contribution in [0.3, 0.4) is 0 Å². The average Bonchev–Trinajstić information content (AvgIpc) is 2.68. The van der Waals surface area contributed by atoms with E-state index in [0.717, 1.165) is 48.8 Å². The molecule has 1 aliphatic heterocycles. The van der Waals surface area contributed by atoms with Crippen LogP contribution in [0.25, 0.3) is 0 Å². The fraction of sp³-hybridized carbons (Fsp3) is 0.409. The monoisotopic (exact) mass is 402 g/mol. The maximum absolute atomic E-state index is 12.5. The van der Waals surface area contributed by atoms with E-state index in [9.17, 15) is 4.79 Å². The van der Waals surface area contributed by atoms with E-state index in [4.69, 9.17) is 11.6 Å². The standard InChI is InChI=1S/C22H27ClN2OS/c1-17-8-10-20(11-9-17)27-14-12-24-22(26)19-6-4-13-25(16-19)15-18-5-2-3-7-21(18)23/h2-3,5,7-11,19H,4,6,12-16H2,1H3,(H,24,26)/t19-/m1/s1. The van der Waals surface area contributed by atoms with Gasteiger partial charge in [-0.2, -0.15) is 0 Å². The predicted octanol–water partition coefficient (Wildman–Crippen LogP) is 4.77. The molecule has 1 atom stereocenters. The molecule has 3 nitrogen and oxygen atoms in total. The average molecular weight is 403 g/mol. The Labute approximate surface area is 171 Å². The first-order valence-corrected chi connectivity index (χ1v) is 10.9. The number of thioether (sulfide) groups is 1. The lowest BCUT2D eigenvalue weighted by Gasteiger charge is -2.32. The van der Waals surface area contributed by atoms with Gasteiger partial charge in [0, 0.05) is 35.3 Å². The first kappa shape index (κ1) is 20.2. The van der Waals surface area contributed by atoms with Crippen molar-refractivity contribution in [3.8, 4) is 0 Å². The number of carbonyl (C=O) groups is 1. The van der Waals surface area contributed by atoms with Gasteiger partial charge in [0.05, 0.1) is 5.92 Å².